The van der Waals surface area contributed by atoms with Crippen LogP contribution in [0.1, 0.15) is 16.7 Å². The van der Waals surface area contributed by atoms with Gasteiger partial charge >= 0.3 is 0 Å². The zero-order chi connectivity index (χ0) is 11.5. The molecule has 0 saturated heterocycles. The third-order valence-electron chi connectivity index (χ3n) is 2.55. The predicted octanol–water partition coefficient (Wildman–Crippen LogP) is 0.769. The van der Waals surface area contributed by atoms with Gasteiger partial charge in [0.05, 0.1) is 13.2 Å². The van der Waals surface area contributed by atoms with Gasteiger partial charge in [-0.15, -0.1) is 11.3 Å². The summed E-state index contributed by atoms with van der Waals surface area (Å²) in [6.45, 7) is 4.10. The van der Waals surface area contributed by atoms with E-state index in [0.717, 1.165) is 17.2 Å². The lowest BCUT2D eigenvalue weighted by Gasteiger charge is -2.24. The number of methoxy groups -OCH3 is 1. The molecule has 0 spiro atoms. The second-order valence-corrected chi connectivity index (χ2v) is 4.62. The van der Waals surface area contributed by atoms with Crippen LogP contribution in [0.5, 0.6) is 0 Å². The maximum atomic E-state index is 5.85. The third-order valence-corrected chi connectivity index (χ3v) is 3.62. The van der Waals surface area contributed by atoms with Gasteiger partial charge < -0.3 is 15.4 Å². The highest BCUT2D eigenvalue weighted by Crippen LogP contribution is 2.27. The molecule has 6 heteroatoms. The lowest BCUT2D eigenvalue weighted by molar-refractivity contribution is 0.166. The van der Waals surface area contributed by atoms with Gasteiger partial charge in [-0.2, -0.15) is 0 Å². The molecule has 1 atom stereocenters. The molecule has 0 saturated carbocycles. The Labute approximate surface area is 98.9 Å². The number of nitrogens with two attached hydrogens (primary N) is 1. The fourth-order valence-electron chi connectivity index (χ4n) is 1.73. The van der Waals surface area contributed by atoms with Crippen molar-refractivity contribution in [3.05, 3.63) is 16.1 Å². The van der Waals surface area contributed by atoms with E-state index in [1.165, 1.54) is 0 Å². The number of aromatic nitrogens is 1. The summed E-state index contributed by atoms with van der Waals surface area (Å²) in [5.41, 5.74) is 6.90. The molecule has 0 bridgehead atoms. The van der Waals surface area contributed by atoms with Crippen molar-refractivity contribution >= 4 is 17.3 Å². The highest BCUT2D eigenvalue weighted by molar-refractivity contribution is 7.09. The molecule has 2 rings (SSSR count). The number of ether oxygens (including phenoxy) is 1. The fraction of sp³-hybridized carbons (Fsp3) is 0.600. The van der Waals surface area contributed by atoms with E-state index in [4.69, 9.17) is 10.5 Å². The number of nitrogens with zero attached hydrogens (tertiary/aromatic N) is 3. The van der Waals surface area contributed by atoms with Gasteiger partial charge in [0.15, 0.2) is 5.96 Å². The molecule has 0 radical (unpaired) electrons. The summed E-state index contributed by atoms with van der Waals surface area (Å²) in [4.78, 5) is 10.8. The summed E-state index contributed by atoms with van der Waals surface area (Å²) < 4.78 is 5.07. The summed E-state index contributed by atoms with van der Waals surface area (Å²) >= 11 is 1.66. The Morgan fingerprint density at radius 2 is 2.50 bits per heavy atom. The van der Waals surface area contributed by atoms with Crippen LogP contribution in [0.3, 0.4) is 0 Å². The molecular weight excluding hydrogens is 224 g/mol. The lowest BCUT2D eigenvalue weighted by atomic mass is 10.3. The summed E-state index contributed by atoms with van der Waals surface area (Å²) in [5, 5.41) is 3.14. The summed E-state index contributed by atoms with van der Waals surface area (Å²) in [6.07, 6.45) is 0. The number of hydrogen-bond acceptors (Lipinski definition) is 6. The molecule has 1 aromatic rings. The minimum Gasteiger partial charge on any atom is -0.383 e. The topological polar surface area (TPSA) is 63.7 Å². The highest BCUT2D eigenvalue weighted by Gasteiger charge is 2.29. The molecular formula is C10H16N4OS. The van der Waals surface area contributed by atoms with Gasteiger partial charge in [-0.05, 0) is 6.92 Å². The van der Waals surface area contributed by atoms with Crippen LogP contribution in [0.4, 0.5) is 0 Å². The van der Waals surface area contributed by atoms with Crippen molar-refractivity contribution < 1.29 is 4.74 Å². The van der Waals surface area contributed by atoms with E-state index in [2.05, 4.69) is 20.3 Å². The summed E-state index contributed by atoms with van der Waals surface area (Å²) in [7, 11) is 1.69. The molecule has 0 aromatic carbocycles. The van der Waals surface area contributed by atoms with Crippen molar-refractivity contribution in [2.75, 3.05) is 26.8 Å². The molecule has 88 valence electrons. The van der Waals surface area contributed by atoms with E-state index in [-0.39, 0.29) is 6.04 Å². The predicted molar refractivity (Wildman–Crippen MR) is 64.7 cm³/mol. The number of hydrogen-bond donors (Lipinski definition) is 1. The van der Waals surface area contributed by atoms with Gasteiger partial charge in [0.2, 0.25) is 0 Å². The smallest absolute Gasteiger partial charge is 0.192 e. The van der Waals surface area contributed by atoms with Crippen LogP contribution in [0, 0.1) is 6.92 Å². The maximum Gasteiger partial charge on any atom is 0.192 e. The van der Waals surface area contributed by atoms with Crippen LogP contribution in [-0.2, 0) is 4.74 Å². The first kappa shape index (κ1) is 11.3. The van der Waals surface area contributed by atoms with Gasteiger partial charge in [-0.1, -0.05) is 0 Å². The summed E-state index contributed by atoms with van der Waals surface area (Å²) in [5.74, 6) is 0.593. The number of aryl methyl sites for hydroxylation is 1. The second-order valence-electron chi connectivity index (χ2n) is 3.73. The first-order chi connectivity index (χ1) is 7.72. The van der Waals surface area contributed by atoms with E-state index in [1.807, 2.05) is 6.92 Å². The monoisotopic (exact) mass is 240 g/mol. The van der Waals surface area contributed by atoms with Crippen LogP contribution >= 0.6 is 11.3 Å². The van der Waals surface area contributed by atoms with E-state index in [1.54, 1.807) is 18.4 Å². The molecule has 2 heterocycles. The Balaban J connectivity index is 2.10. The fourth-order valence-corrected chi connectivity index (χ4v) is 2.63. The lowest BCUT2D eigenvalue weighted by Crippen LogP contribution is -2.38. The molecule has 1 aliphatic heterocycles. The first-order valence-corrected chi connectivity index (χ1v) is 6.08. The molecule has 5 nitrogen and oxygen atoms in total. The minimum atomic E-state index is 0.189. The number of thiazole rings is 1. The average molecular weight is 240 g/mol. The summed E-state index contributed by atoms with van der Waals surface area (Å²) in [6, 6.07) is 0.189. The van der Waals surface area contributed by atoms with Gasteiger partial charge in [0.25, 0.3) is 0 Å². The standard InChI is InChI=1S/C10H16N4OS/c1-7-6-16-9(13-7)8-5-12-10(11)14(8)3-4-15-2/h6,8H,3-5H2,1-2H3,(H2,11,12). The van der Waals surface area contributed by atoms with E-state index in [9.17, 15) is 0 Å². The largest absolute Gasteiger partial charge is 0.383 e. The van der Waals surface area contributed by atoms with Crippen molar-refractivity contribution in [2.24, 2.45) is 10.7 Å². The molecule has 16 heavy (non-hydrogen) atoms. The Morgan fingerprint density at radius 3 is 3.12 bits per heavy atom. The molecule has 1 unspecified atom stereocenters. The number of guanidine groups is 1. The highest BCUT2D eigenvalue weighted by atomic mass is 32.1. The van der Waals surface area contributed by atoms with Gasteiger partial charge in [-0.25, -0.2) is 4.98 Å². The zero-order valence-electron chi connectivity index (χ0n) is 9.51. The molecule has 2 N–H and O–H groups in total. The molecule has 0 aliphatic carbocycles. The van der Waals surface area contributed by atoms with Crippen molar-refractivity contribution in [3.63, 3.8) is 0 Å². The van der Waals surface area contributed by atoms with Crippen molar-refractivity contribution in [1.82, 2.24) is 9.88 Å². The van der Waals surface area contributed by atoms with Gasteiger partial charge in [-0.3, -0.25) is 4.99 Å². The van der Waals surface area contributed by atoms with Crippen LogP contribution in [0.25, 0.3) is 0 Å². The van der Waals surface area contributed by atoms with Gasteiger partial charge in [0, 0.05) is 24.7 Å². The van der Waals surface area contributed by atoms with Crippen LogP contribution in [-0.4, -0.2) is 42.6 Å². The SMILES string of the molecule is COCCN1C(N)=NCC1c1nc(C)cs1. The van der Waals surface area contributed by atoms with E-state index >= 15 is 0 Å². The van der Waals surface area contributed by atoms with E-state index in [0.29, 0.717) is 19.1 Å². The maximum absolute atomic E-state index is 5.85. The van der Waals surface area contributed by atoms with Crippen molar-refractivity contribution in [2.45, 2.75) is 13.0 Å². The van der Waals surface area contributed by atoms with E-state index < -0.39 is 0 Å². The molecule has 1 aliphatic rings. The zero-order valence-corrected chi connectivity index (χ0v) is 10.3. The quantitative estimate of drug-likeness (QED) is 0.844. The Kier molecular flexibility index (Phi) is 3.40. The Morgan fingerprint density at radius 1 is 1.69 bits per heavy atom. The van der Waals surface area contributed by atoms with Crippen LogP contribution < -0.4 is 5.73 Å². The third kappa shape index (κ3) is 2.17. The molecule has 0 amide bonds. The number of rotatable bonds is 4. The van der Waals surface area contributed by atoms with Crippen molar-refractivity contribution in [3.8, 4) is 0 Å². The van der Waals surface area contributed by atoms with Crippen LogP contribution in [0.15, 0.2) is 10.4 Å². The van der Waals surface area contributed by atoms with Crippen molar-refractivity contribution in [1.29, 1.82) is 0 Å². The van der Waals surface area contributed by atoms with Crippen LogP contribution in [0.2, 0.25) is 0 Å². The number of aliphatic imine (C=N–C) groups is 1. The molecule has 1 aromatic heterocycles. The first-order valence-electron chi connectivity index (χ1n) is 5.20. The average Bonchev–Trinajstić information content (AvgIpc) is 2.82. The Hall–Kier alpha value is -1.14. The minimum absolute atomic E-state index is 0.189. The normalized spacial score (nSPS) is 20.2. The molecule has 0 fully saturated rings. The Bertz CT molecular complexity index is 390. The second kappa shape index (κ2) is 4.80. The van der Waals surface area contributed by atoms with Gasteiger partial charge in [0.1, 0.15) is 11.0 Å².